The fourth-order valence-electron chi connectivity index (χ4n) is 1.73. The first-order valence-corrected chi connectivity index (χ1v) is 4.22. The predicted octanol–water partition coefficient (Wildman–Crippen LogP) is 0.975. The summed E-state index contributed by atoms with van der Waals surface area (Å²) in [5.74, 6) is -0.218. The molecule has 0 bridgehead atoms. The van der Waals surface area contributed by atoms with Gasteiger partial charge in [-0.15, -0.1) is 0 Å². The van der Waals surface area contributed by atoms with Crippen LogP contribution in [-0.2, 0) is 6.42 Å². The second kappa shape index (κ2) is 2.74. The van der Waals surface area contributed by atoms with Crippen molar-refractivity contribution in [3.05, 3.63) is 22.8 Å². The van der Waals surface area contributed by atoms with E-state index in [9.17, 15) is 9.90 Å². The highest BCUT2D eigenvalue weighted by molar-refractivity contribution is 6.02. The minimum atomic E-state index is -0.207. The van der Waals surface area contributed by atoms with E-state index in [-0.39, 0.29) is 22.8 Å². The fourth-order valence-corrected chi connectivity index (χ4v) is 1.73. The summed E-state index contributed by atoms with van der Waals surface area (Å²) in [6.07, 6.45) is 0.914. The van der Waals surface area contributed by atoms with E-state index >= 15 is 0 Å². The molecule has 0 saturated heterocycles. The van der Waals surface area contributed by atoms with Crippen LogP contribution >= 0.6 is 0 Å². The number of rotatable bonds is 0. The number of hydrogen-bond donors (Lipinski definition) is 2. The molecule has 1 aliphatic rings. The number of ketones is 1. The van der Waals surface area contributed by atoms with Crippen LogP contribution in [0.25, 0.3) is 0 Å². The van der Waals surface area contributed by atoms with Gasteiger partial charge in [0, 0.05) is 12.0 Å². The van der Waals surface area contributed by atoms with Gasteiger partial charge in [-0.25, -0.2) is 0 Å². The summed E-state index contributed by atoms with van der Waals surface area (Å²) >= 11 is 0. The first-order valence-electron chi connectivity index (χ1n) is 4.22. The minimum absolute atomic E-state index is 0.0109. The summed E-state index contributed by atoms with van der Waals surface area (Å²) in [6.45, 7) is 0. The standard InChI is InChI=1S/C10H8N2O2/c11-4-7-5-1-2-9(13)6(5)3-8(12)10(7)14/h3,14H,1-2,12H2. The molecule has 4 heteroatoms. The molecule has 1 aliphatic carbocycles. The van der Waals surface area contributed by atoms with Crippen molar-refractivity contribution >= 4 is 11.5 Å². The van der Waals surface area contributed by atoms with E-state index in [1.165, 1.54) is 6.07 Å². The summed E-state index contributed by atoms with van der Waals surface area (Å²) in [4.78, 5) is 11.4. The van der Waals surface area contributed by atoms with Crippen LogP contribution < -0.4 is 5.73 Å². The molecule has 4 nitrogen and oxygen atoms in total. The molecule has 0 spiro atoms. The van der Waals surface area contributed by atoms with Gasteiger partial charge < -0.3 is 10.8 Å². The Labute approximate surface area is 80.6 Å². The van der Waals surface area contributed by atoms with Crippen LogP contribution in [0.5, 0.6) is 5.75 Å². The SMILES string of the molecule is N#Cc1c(O)c(N)cc2c1CCC2=O. The number of anilines is 1. The highest BCUT2D eigenvalue weighted by Crippen LogP contribution is 2.35. The highest BCUT2D eigenvalue weighted by Gasteiger charge is 2.25. The molecule has 70 valence electrons. The third-order valence-electron chi connectivity index (χ3n) is 2.45. The summed E-state index contributed by atoms with van der Waals surface area (Å²) in [5.41, 5.74) is 6.83. The van der Waals surface area contributed by atoms with Crippen molar-refractivity contribution in [3.63, 3.8) is 0 Å². The van der Waals surface area contributed by atoms with Crippen molar-refractivity contribution in [2.24, 2.45) is 0 Å². The maximum Gasteiger partial charge on any atom is 0.163 e. The van der Waals surface area contributed by atoms with Crippen LogP contribution in [0.1, 0.15) is 27.9 Å². The van der Waals surface area contributed by atoms with Crippen LogP contribution in [0, 0.1) is 11.3 Å². The number of carbonyl (C=O) groups excluding carboxylic acids is 1. The van der Waals surface area contributed by atoms with E-state index in [4.69, 9.17) is 11.0 Å². The molecular formula is C10H8N2O2. The molecule has 0 aliphatic heterocycles. The number of aromatic hydroxyl groups is 1. The zero-order chi connectivity index (χ0) is 10.3. The van der Waals surface area contributed by atoms with E-state index in [1.54, 1.807) is 0 Å². The lowest BCUT2D eigenvalue weighted by Gasteiger charge is -2.05. The molecule has 14 heavy (non-hydrogen) atoms. The number of Topliss-reactive ketones (excluding diaryl/α,β-unsaturated/α-hetero) is 1. The number of hydrogen-bond acceptors (Lipinski definition) is 4. The summed E-state index contributed by atoms with van der Waals surface area (Å²) in [7, 11) is 0. The van der Waals surface area contributed by atoms with Crippen LogP contribution in [0.2, 0.25) is 0 Å². The normalized spacial score (nSPS) is 13.8. The van der Waals surface area contributed by atoms with Gasteiger partial charge >= 0.3 is 0 Å². The lowest BCUT2D eigenvalue weighted by atomic mass is 10.0. The predicted molar refractivity (Wildman–Crippen MR) is 49.9 cm³/mol. The molecule has 0 aromatic heterocycles. The van der Waals surface area contributed by atoms with Gasteiger partial charge in [0.25, 0.3) is 0 Å². The van der Waals surface area contributed by atoms with Crippen LogP contribution in [-0.4, -0.2) is 10.9 Å². The van der Waals surface area contributed by atoms with Gasteiger partial charge in [-0.2, -0.15) is 5.26 Å². The Hall–Kier alpha value is -2.02. The first-order chi connectivity index (χ1) is 6.65. The Bertz CT molecular complexity index is 472. The van der Waals surface area contributed by atoms with Gasteiger partial charge in [0.05, 0.1) is 11.3 Å². The van der Waals surface area contributed by atoms with Crippen LogP contribution in [0.3, 0.4) is 0 Å². The summed E-state index contributed by atoms with van der Waals surface area (Å²) in [6, 6.07) is 3.32. The van der Waals surface area contributed by atoms with E-state index in [2.05, 4.69) is 0 Å². The molecule has 1 aromatic rings. The average Bonchev–Trinajstić information content (AvgIpc) is 2.51. The number of nitriles is 1. The number of fused-ring (bicyclic) bond motifs is 1. The van der Waals surface area contributed by atoms with Crippen molar-refractivity contribution < 1.29 is 9.90 Å². The zero-order valence-electron chi connectivity index (χ0n) is 7.37. The largest absolute Gasteiger partial charge is 0.504 e. The molecule has 2 rings (SSSR count). The number of nitrogens with zero attached hydrogens (tertiary/aromatic N) is 1. The monoisotopic (exact) mass is 188 g/mol. The molecule has 3 N–H and O–H groups in total. The molecule has 0 amide bonds. The molecule has 0 saturated carbocycles. The molecule has 1 aromatic carbocycles. The number of phenols is 1. The number of benzene rings is 1. The number of carbonyl (C=O) groups is 1. The topological polar surface area (TPSA) is 87.1 Å². The Balaban J connectivity index is 2.79. The van der Waals surface area contributed by atoms with Crippen LogP contribution in [0.4, 0.5) is 5.69 Å². The molecule has 0 heterocycles. The Morgan fingerprint density at radius 2 is 2.21 bits per heavy atom. The molecular weight excluding hydrogens is 180 g/mol. The van der Waals surface area contributed by atoms with Crippen molar-refractivity contribution in [1.29, 1.82) is 5.26 Å². The fraction of sp³-hybridized carbons (Fsp3) is 0.200. The summed E-state index contributed by atoms with van der Waals surface area (Å²) in [5, 5.41) is 18.3. The quantitative estimate of drug-likeness (QED) is 0.469. The molecule has 0 radical (unpaired) electrons. The smallest absolute Gasteiger partial charge is 0.163 e. The van der Waals surface area contributed by atoms with Gasteiger partial charge in [-0.05, 0) is 18.1 Å². The summed E-state index contributed by atoms with van der Waals surface area (Å²) < 4.78 is 0. The second-order valence-corrected chi connectivity index (χ2v) is 3.25. The Morgan fingerprint density at radius 3 is 2.86 bits per heavy atom. The van der Waals surface area contributed by atoms with Gasteiger partial charge in [0.2, 0.25) is 0 Å². The van der Waals surface area contributed by atoms with Crippen molar-refractivity contribution in [2.45, 2.75) is 12.8 Å². The zero-order valence-corrected chi connectivity index (χ0v) is 7.37. The second-order valence-electron chi connectivity index (χ2n) is 3.25. The minimum Gasteiger partial charge on any atom is -0.504 e. The lowest BCUT2D eigenvalue weighted by molar-refractivity contribution is 0.0994. The van der Waals surface area contributed by atoms with E-state index in [0.717, 1.165) is 0 Å². The average molecular weight is 188 g/mol. The molecule has 0 fully saturated rings. The third-order valence-corrected chi connectivity index (χ3v) is 2.45. The van der Waals surface area contributed by atoms with Gasteiger partial charge in [0.1, 0.15) is 6.07 Å². The van der Waals surface area contributed by atoms with Crippen molar-refractivity contribution in [1.82, 2.24) is 0 Å². The number of nitrogens with two attached hydrogens (primary N) is 1. The van der Waals surface area contributed by atoms with E-state index < -0.39 is 0 Å². The van der Waals surface area contributed by atoms with Crippen LogP contribution in [0.15, 0.2) is 6.07 Å². The number of nitrogen functional groups attached to an aromatic ring is 1. The molecule has 0 atom stereocenters. The Morgan fingerprint density at radius 1 is 1.50 bits per heavy atom. The maximum absolute atomic E-state index is 11.4. The van der Waals surface area contributed by atoms with Gasteiger partial charge in [-0.1, -0.05) is 0 Å². The number of phenolic OH excluding ortho intramolecular Hbond substituents is 1. The Kier molecular flexibility index (Phi) is 1.68. The first kappa shape index (κ1) is 8.57. The maximum atomic E-state index is 11.4. The van der Waals surface area contributed by atoms with Gasteiger partial charge in [-0.3, -0.25) is 4.79 Å². The van der Waals surface area contributed by atoms with Crippen molar-refractivity contribution in [2.75, 3.05) is 5.73 Å². The van der Waals surface area contributed by atoms with Crippen molar-refractivity contribution in [3.8, 4) is 11.8 Å². The van der Waals surface area contributed by atoms with Gasteiger partial charge in [0.15, 0.2) is 11.5 Å². The van der Waals surface area contributed by atoms with E-state index in [0.29, 0.717) is 24.0 Å². The highest BCUT2D eigenvalue weighted by atomic mass is 16.3. The van der Waals surface area contributed by atoms with E-state index in [1.807, 2.05) is 6.07 Å². The molecule has 0 unspecified atom stereocenters. The third kappa shape index (κ3) is 0.958. The lowest BCUT2D eigenvalue weighted by Crippen LogP contribution is -1.97.